The Bertz CT molecular complexity index is 1120. The first-order valence-corrected chi connectivity index (χ1v) is 23.7. The molecule has 0 aromatic rings. The summed E-state index contributed by atoms with van der Waals surface area (Å²) in [4.78, 5) is 12.5. The highest BCUT2D eigenvalue weighted by Gasteiger charge is 2.24. The number of hydrogen-bond acceptors (Lipinski definition) is 4. The van der Waals surface area contributed by atoms with Gasteiger partial charge in [0.2, 0.25) is 5.91 Å². The second-order valence-electron chi connectivity index (χ2n) is 15.0. The van der Waals surface area contributed by atoms with Gasteiger partial charge in [0.05, 0.1) is 17.9 Å². The number of nitrogens with one attached hydrogen (secondary N) is 1. The van der Waals surface area contributed by atoms with E-state index in [0.29, 0.717) is 12.8 Å². The van der Waals surface area contributed by atoms with E-state index in [-0.39, 0.29) is 12.3 Å². The van der Waals surface area contributed by atoms with Crippen molar-refractivity contribution in [2.75, 3.05) is 5.75 Å². The minimum Gasteiger partial charge on any atom is -0.387 e. The first-order valence-electron chi connectivity index (χ1n) is 22.1. The van der Waals surface area contributed by atoms with Gasteiger partial charge in [-0.3, -0.25) is 9.35 Å². The van der Waals surface area contributed by atoms with E-state index in [1.807, 2.05) is 0 Å². The summed E-state index contributed by atoms with van der Waals surface area (Å²) >= 11 is 0. The van der Waals surface area contributed by atoms with Gasteiger partial charge in [-0.25, -0.2) is 0 Å². The Balaban J connectivity index is 3.96. The quantitative estimate of drug-likeness (QED) is 0.0328. The van der Waals surface area contributed by atoms with Gasteiger partial charge in [-0.15, -0.1) is 0 Å². The predicted molar refractivity (Wildman–Crippen MR) is 234 cm³/mol. The van der Waals surface area contributed by atoms with E-state index in [1.165, 1.54) is 109 Å². The van der Waals surface area contributed by atoms with Crippen molar-refractivity contribution < 1.29 is 22.9 Å². The lowest BCUT2D eigenvalue weighted by atomic mass is 10.1. The van der Waals surface area contributed by atoms with Crippen molar-refractivity contribution >= 4 is 16.0 Å². The summed E-state index contributed by atoms with van der Waals surface area (Å²) in [5.41, 5.74) is 0. The molecule has 6 nitrogen and oxygen atoms in total. The van der Waals surface area contributed by atoms with Crippen LogP contribution in [0, 0.1) is 0 Å². The molecule has 312 valence electrons. The molecule has 0 aliphatic carbocycles. The average Bonchev–Trinajstić information content (AvgIpc) is 3.14. The lowest BCUT2D eigenvalue weighted by Gasteiger charge is -2.21. The number of rotatable bonds is 39. The predicted octanol–water partition coefficient (Wildman–Crippen LogP) is 13.4. The van der Waals surface area contributed by atoms with Gasteiger partial charge in [0.15, 0.2) is 0 Å². The zero-order valence-electron chi connectivity index (χ0n) is 34.8. The summed E-state index contributed by atoms with van der Waals surface area (Å²) in [6, 6.07) is -1.09. The van der Waals surface area contributed by atoms with Gasteiger partial charge in [-0.1, -0.05) is 183 Å². The Morgan fingerprint density at radius 3 is 1.30 bits per heavy atom. The van der Waals surface area contributed by atoms with Crippen molar-refractivity contribution in [1.29, 1.82) is 0 Å². The molecule has 3 N–H and O–H groups in total. The average molecular weight is 774 g/mol. The molecule has 0 aromatic carbocycles. The minimum atomic E-state index is -4.37. The Hall–Kier alpha value is -2.22. The number of hydrogen-bond donors (Lipinski definition) is 3. The van der Waals surface area contributed by atoms with Crippen molar-refractivity contribution in [3.8, 4) is 0 Å². The van der Waals surface area contributed by atoms with Gasteiger partial charge < -0.3 is 10.4 Å². The molecule has 0 saturated carbocycles. The van der Waals surface area contributed by atoms with Gasteiger partial charge in [0.1, 0.15) is 0 Å². The molecule has 2 unspecified atom stereocenters. The molecule has 2 atom stereocenters. The monoisotopic (exact) mass is 774 g/mol. The number of aliphatic hydroxyl groups excluding tert-OH is 1. The smallest absolute Gasteiger partial charge is 0.267 e. The van der Waals surface area contributed by atoms with Gasteiger partial charge in [0.25, 0.3) is 10.1 Å². The zero-order chi connectivity index (χ0) is 39.6. The summed E-state index contributed by atoms with van der Waals surface area (Å²) in [5, 5.41) is 13.2. The molecule has 0 radical (unpaired) electrons. The summed E-state index contributed by atoms with van der Waals surface area (Å²) in [6.45, 7) is 4.50. The molecule has 54 heavy (non-hydrogen) atoms. The highest BCUT2D eigenvalue weighted by molar-refractivity contribution is 7.85. The SMILES string of the molecule is CCCCCCC/C=C\C/C=C\C/C=C\CCCCCCCCCCC(=O)NC(CS(=O)(=O)O)C(O)/C=C/CC/C=C/CC/C=C/CCCCCCCC. The highest BCUT2D eigenvalue weighted by Crippen LogP contribution is 2.12. The Morgan fingerprint density at radius 1 is 0.500 bits per heavy atom. The van der Waals surface area contributed by atoms with Gasteiger partial charge in [-0.05, 0) is 83.5 Å². The topological polar surface area (TPSA) is 104 Å². The van der Waals surface area contributed by atoms with Crippen LogP contribution in [0.1, 0.15) is 200 Å². The van der Waals surface area contributed by atoms with E-state index in [0.717, 1.165) is 64.2 Å². The molecule has 0 fully saturated rings. The van der Waals surface area contributed by atoms with Crippen LogP contribution < -0.4 is 5.32 Å². The third-order valence-corrected chi connectivity index (χ3v) is 10.4. The summed E-state index contributed by atoms with van der Waals surface area (Å²) in [5.74, 6) is -1.02. The number of carbonyl (C=O) groups is 1. The van der Waals surface area contributed by atoms with Crippen LogP contribution in [0.15, 0.2) is 72.9 Å². The van der Waals surface area contributed by atoms with Crippen molar-refractivity contribution in [3.63, 3.8) is 0 Å². The van der Waals surface area contributed by atoms with Crippen LogP contribution in [0.3, 0.4) is 0 Å². The highest BCUT2D eigenvalue weighted by atomic mass is 32.2. The number of amides is 1. The maximum absolute atomic E-state index is 12.5. The van der Waals surface area contributed by atoms with Gasteiger partial charge >= 0.3 is 0 Å². The molecule has 1 amide bonds. The number of carbonyl (C=O) groups excluding carboxylic acids is 1. The van der Waals surface area contributed by atoms with Crippen LogP contribution >= 0.6 is 0 Å². The van der Waals surface area contributed by atoms with E-state index in [9.17, 15) is 22.9 Å². The fourth-order valence-corrected chi connectivity index (χ4v) is 6.99. The number of allylic oxidation sites excluding steroid dienone is 11. The third-order valence-electron chi connectivity index (χ3n) is 9.58. The molecule has 7 heteroatoms. The second kappa shape index (κ2) is 40.4. The summed E-state index contributed by atoms with van der Waals surface area (Å²) in [6.07, 6.45) is 57.5. The number of unbranched alkanes of at least 4 members (excludes halogenated alkanes) is 21. The normalized spacial score (nSPS) is 13.9. The van der Waals surface area contributed by atoms with Crippen molar-refractivity contribution in [3.05, 3.63) is 72.9 Å². The summed E-state index contributed by atoms with van der Waals surface area (Å²) in [7, 11) is -4.37. The standard InChI is InChI=1S/C47H83NO5S/c1-3-5-7-9-11-13-15-17-19-21-22-23-24-25-26-27-29-31-33-35-37-39-41-43-47(50)48-45(44-54(51,52)53)46(49)42-40-38-36-34-32-30-28-20-18-16-14-12-10-8-6-4-2/h15,17-18,20-22,24-25,32,34,40,42,45-46,49H,3-14,16,19,23,26-31,33,35-39,41,43-44H2,1-2H3,(H,48,50)(H,51,52,53)/b17-15-,20-18+,22-21-,25-24-,34-32+,42-40+. The molecule has 0 saturated heterocycles. The van der Waals surface area contributed by atoms with Crippen LogP contribution in [0.4, 0.5) is 0 Å². The van der Waals surface area contributed by atoms with Crippen LogP contribution in [-0.2, 0) is 14.9 Å². The first-order chi connectivity index (χ1) is 26.3. The van der Waals surface area contributed by atoms with Crippen molar-refractivity contribution in [2.24, 2.45) is 0 Å². The molecule has 0 aromatic heterocycles. The lowest BCUT2D eigenvalue weighted by molar-refractivity contribution is -0.122. The molecule has 0 spiro atoms. The largest absolute Gasteiger partial charge is 0.387 e. The van der Waals surface area contributed by atoms with E-state index < -0.39 is 28.0 Å². The first kappa shape index (κ1) is 51.8. The Kier molecular flexibility index (Phi) is 38.8. The molecule has 0 heterocycles. The number of aliphatic hydroxyl groups is 1. The lowest BCUT2D eigenvalue weighted by Crippen LogP contribution is -2.46. The van der Waals surface area contributed by atoms with E-state index in [1.54, 1.807) is 6.08 Å². The zero-order valence-corrected chi connectivity index (χ0v) is 35.6. The minimum absolute atomic E-state index is 0.273. The molecule has 0 aliphatic heterocycles. The van der Waals surface area contributed by atoms with Crippen LogP contribution in [0.25, 0.3) is 0 Å². The fraction of sp³-hybridized carbons (Fsp3) is 0.723. The van der Waals surface area contributed by atoms with Crippen LogP contribution in [0.5, 0.6) is 0 Å². The fourth-order valence-electron chi connectivity index (χ4n) is 6.25. The Morgan fingerprint density at radius 2 is 0.852 bits per heavy atom. The summed E-state index contributed by atoms with van der Waals surface area (Å²) < 4.78 is 32.5. The van der Waals surface area contributed by atoms with Gasteiger partial charge in [0, 0.05) is 6.42 Å². The van der Waals surface area contributed by atoms with Crippen molar-refractivity contribution in [1.82, 2.24) is 5.32 Å². The van der Waals surface area contributed by atoms with Crippen LogP contribution in [-0.4, -0.2) is 41.9 Å². The molecule has 0 rings (SSSR count). The van der Waals surface area contributed by atoms with E-state index >= 15 is 0 Å². The molecular formula is C47H83NO5S. The van der Waals surface area contributed by atoms with E-state index in [4.69, 9.17) is 0 Å². The molecule has 0 aliphatic rings. The molecular weight excluding hydrogens is 691 g/mol. The molecule has 0 bridgehead atoms. The van der Waals surface area contributed by atoms with Crippen LogP contribution in [0.2, 0.25) is 0 Å². The maximum atomic E-state index is 12.5. The maximum Gasteiger partial charge on any atom is 0.267 e. The van der Waals surface area contributed by atoms with Crippen molar-refractivity contribution in [2.45, 2.75) is 212 Å². The van der Waals surface area contributed by atoms with Gasteiger partial charge in [-0.2, -0.15) is 8.42 Å². The third kappa shape index (κ3) is 41.0. The Labute approximate surface area is 334 Å². The second-order valence-corrected chi connectivity index (χ2v) is 16.4. The van der Waals surface area contributed by atoms with E-state index in [2.05, 4.69) is 79.9 Å².